The quantitative estimate of drug-likeness (QED) is 0.723. The van der Waals surface area contributed by atoms with E-state index in [1.165, 1.54) is 22.3 Å². The topological polar surface area (TPSA) is 9.23 Å². The van der Waals surface area contributed by atoms with Gasteiger partial charge in [0.2, 0.25) is 0 Å². The average molecular weight is 317 g/mol. The molecule has 0 bridgehead atoms. The van der Waals surface area contributed by atoms with Gasteiger partial charge in [0.25, 0.3) is 0 Å². The van der Waals surface area contributed by atoms with Crippen LogP contribution in [0.15, 0.2) is 42.5 Å². The molecule has 2 aromatic rings. The van der Waals surface area contributed by atoms with Crippen molar-refractivity contribution in [2.75, 3.05) is 0 Å². The minimum Gasteiger partial charge on any atom is -0.490 e. The SMILES string of the molecule is Cc1ccccc1C(Br)c1ccc2c(c1)CC(C)O2. The van der Waals surface area contributed by atoms with Crippen LogP contribution in [0.4, 0.5) is 0 Å². The molecule has 0 N–H and O–H groups in total. The minimum absolute atomic E-state index is 0.245. The molecule has 19 heavy (non-hydrogen) atoms. The van der Waals surface area contributed by atoms with Gasteiger partial charge in [-0.25, -0.2) is 0 Å². The van der Waals surface area contributed by atoms with Crippen LogP contribution in [0.25, 0.3) is 0 Å². The van der Waals surface area contributed by atoms with Crippen molar-refractivity contribution in [3.05, 3.63) is 64.7 Å². The normalized spacial score (nSPS) is 18.8. The summed E-state index contributed by atoms with van der Waals surface area (Å²) >= 11 is 3.83. The average Bonchev–Trinajstić information content (AvgIpc) is 2.77. The number of aryl methyl sites for hydroxylation is 1. The van der Waals surface area contributed by atoms with Gasteiger partial charge in [0.15, 0.2) is 0 Å². The lowest BCUT2D eigenvalue weighted by Crippen LogP contribution is -2.05. The van der Waals surface area contributed by atoms with Crippen LogP contribution in [0.5, 0.6) is 5.75 Å². The maximum Gasteiger partial charge on any atom is 0.123 e. The van der Waals surface area contributed by atoms with Gasteiger partial charge in [0.1, 0.15) is 11.9 Å². The molecule has 0 radical (unpaired) electrons. The molecule has 2 atom stereocenters. The number of alkyl halides is 1. The lowest BCUT2D eigenvalue weighted by Gasteiger charge is -2.14. The molecular weight excluding hydrogens is 300 g/mol. The fourth-order valence-electron chi connectivity index (χ4n) is 2.65. The summed E-state index contributed by atoms with van der Waals surface area (Å²) in [6.07, 6.45) is 1.31. The Kier molecular flexibility index (Phi) is 3.36. The van der Waals surface area contributed by atoms with E-state index >= 15 is 0 Å². The van der Waals surface area contributed by atoms with Gasteiger partial charge in [0.05, 0.1) is 4.83 Å². The molecule has 1 heterocycles. The summed E-state index contributed by atoms with van der Waals surface area (Å²) < 4.78 is 5.76. The number of benzene rings is 2. The number of halogens is 1. The number of fused-ring (bicyclic) bond motifs is 1. The molecule has 2 unspecified atom stereocenters. The second-order valence-corrected chi connectivity index (χ2v) is 6.13. The highest BCUT2D eigenvalue weighted by Crippen LogP contribution is 2.37. The summed E-state index contributed by atoms with van der Waals surface area (Å²) in [5.74, 6) is 1.04. The molecule has 0 saturated carbocycles. The van der Waals surface area contributed by atoms with E-state index in [-0.39, 0.29) is 4.83 Å². The Bertz CT molecular complexity index is 606. The number of ether oxygens (including phenoxy) is 1. The molecule has 2 heteroatoms. The summed E-state index contributed by atoms with van der Waals surface area (Å²) in [7, 11) is 0. The van der Waals surface area contributed by atoms with Gasteiger partial charge in [0, 0.05) is 6.42 Å². The van der Waals surface area contributed by atoms with Crippen LogP contribution in [0.2, 0.25) is 0 Å². The van der Waals surface area contributed by atoms with Crippen molar-refractivity contribution in [2.24, 2.45) is 0 Å². The zero-order valence-corrected chi connectivity index (χ0v) is 12.8. The molecule has 0 fully saturated rings. The lowest BCUT2D eigenvalue weighted by molar-refractivity contribution is 0.254. The number of hydrogen-bond acceptors (Lipinski definition) is 1. The van der Waals surface area contributed by atoms with Crippen LogP contribution >= 0.6 is 15.9 Å². The van der Waals surface area contributed by atoms with E-state index < -0.39 is 0 Å². The van der Waals surface area contributed by atoms with Gasteiger partial charge in [-0.1, -0.05) is 52.3 Å². The third kappa shape index (κ3) is 2.42. The molecular formula is C17H17BrO. The largest absolute Gasteiger partial charge is 0.490 e. The molecule has 0 spiro atoms. The Morgan fingerprint density at radius 2 is 2.00 bits per heavy atom. The van der Waals surface area contributed by atoms with E-state index in [0.717, 1.165) is 12.2 Å². The van der Waals surface area contributed by atoms with Crippen molar-refractivity contribution in [1.82, 2.24) is 0 Å². The minimum atomic E-state index is 0.245. The molecule has 1 aliphatic heterocycles. The molecule has 0 saturated heterocycles. The van der Waals surface area contributed by atoms with Gasteiger partial charge >= 0.3 is 0 Å². The summed E-state index contributed by atoms with van der Waals surface area (Å²) in [5.41, 5.74) is 5.26. The smallest absolute Gasteiger partial charge is 0.123 e. The van der Waals surface area contributed by atoms with Gasteiger partial charge in [-0.2, -0.15) is 0 Å². The first-order chi connectivity index (χ1) is 9.15. The Hall–Kier alpha value is -1.28. The Morgan fingerprint density at radius 3 is 2.79 bits per heavy atom. The molecule has 0 amide bonds. The van der Waals surface area contributed by atoms with E-state index in [0.29, 0.717) is 6.10 Å². The maximum atomic E-state index is 5.76. The van der Waals surface area contributed by atoms with Crippen LogP contribution in [-0.2, 0) is 6.42 Å². The van der Waals surface area contributed by atoms with E-state index in [2.05, 4.69) is 72.2 Å². The van der Waals surface area contributed by atoms with Gasteiger partial charge in [-0.3, -0.25) is 0 Å². The van der Waals surface area contributed by atoms with Gasteiger partial charge < -0.3 is 4.74 Å². The van der Waals surface area contributed by atoms with Crippen molar-refractivity contribution >= 4 is 15.9 Å². The first kappa shape index (κ1) is 12.7. The summed E-state index contributed by atoms with van der Waals surface area (Å²) in [4.78, 5) is 0.245. The molecule has 3 rings (SSSR count). The van der Waals surface area contributed by atoms with E-state index in [1.54, 1.807) is 0 Å². The molecule has 2 aromatic carbocycles. The van der Waals surface area contributed by atoms with Crippen LogP contribution in [0, 0.1) is 6.92 Å². The molecule has 0 aliphatic carbocycles. The van der Waals surface area contributed by atoms with Gasteiger partial charge in [-0.05, 0) is 42.2 Å². The highest BCUT2D eigenvalue weighted by Gasteiger charge is 2.21. The van der Waals surface area contributed by atoms with Crippen LogP contribution < -0.4 is 4.74 Å². The molecule has 0 aromatic heterocycles. The third-order valence-corrected chi connectivity index (χ3v) is 4.70. The zero-order chi connectivity index (χ0) is 13.4. The lowest BCUT2D eigenvalue weighted by atomic mass is 9.98. The molecule has 98 valence electrons. The van der Waals surface area contributed by atoms with Crippen LogP contribution in [0.1, 0.15) is 34.0 Å². The van der Waals surface area contributed by atoms with E-state index in [4.69, 9.17) is 4.74 Å². The van der Waals surface area contributed by atoms with Crippen molar-refractivity contribution in [3.8, 4) is 5.75 Å². The van der Waals surface area contributed by atoms with Crippen LogP contribution in [0.3, 0.4) is 0 Å². The summed E-state index contributed by atoms with van der Waals surface area (Å²) in [6, 6.07) is 15.0. The first-order valence-electron chi connectivity index (χ1n) is 6.64. The van der Waals surface area contributed by atoms with Crippen molar-refractivity contribution < 1.29 is 4.74 Å². The second-order valence-electron chi connectivity index (χ2n) is 5.22. The second kappa shape index (κ2) is 5.01. The summed E-state index contributed by atoms with van der Waals surface area (Å²) in [5, 5.41) is 0. The predicted molar refractivity (Wildman–Crippen MR) is 82.2 cm³/mol. The van der Waals surface area contributed by atoms with Crippen LogP contribution in [-0.4, -0.2) is 6.10 Å². The van der Waals surface area contributed by atoms with Crippen molar-refractivity contribution in [1.29, 1.82) is 0 Å². The van der Waals surface area contributed by atoms with Crippen molar-refractivity contribution in [3.63, 3.8) is 0 Å². The van der Waals surface area contributed by atoms with Crippen molar-refractivity contribution in [2.45, 2.75) is 31.2 Å². The monoisotopic (exact) mass is 316 g/mol. The highest BCUT2D eigenvalue weighted by atomic mass is 79.9. The van der Waals surface area contributed by atoms with E-state index in [9.17, 15) is 0 Å². The number of rotatable bonds is 2. The first-order valence-corrected chi connectivity index (χ1v) is 7.56. The fourth-order valence-corrected chi connectivity index (χ4v) is 3.45. The number of hydrogen-bond donors (Lipinski definition) is 0. The molecule has 1 aliphatic rings. The van der Waals surface area contributed by atoms with Gasteiger partial charge in [-0.15, -0.1) is 0 Å². The Morgan fingerprint density at radius 1 is 1.21 bits per heavy atom. The van der Waals surface area contributed by atoms with E-state index in [1.807, 2.05) is 0 Å². The Balaban J connectivity index is 1.95. The summed E-state index contributed by atoms with van der Waals surface area (Å²) in [6.45, 7) is 4.27. The third-order valence-electron chi connectivity index (χ3n) is 3.67. The molecule has 1 nitrogen and oxygen atoms in total. The predicted octanol–water partition coefficient (Wildman–Crippen LogP) is 4.80. The Labute approximate surface area is 122 Å². The fraction of sp³-hybridized carbons (Fsp3) is 0.294. The standard InChI is InChI=1S/C17H17BrO/c1-11-5-3-4-6-15(11)17(18)13-7-8-16-14(10-13)9-12(2)19-16/h3-8,10,12,17H,9H2,1-2H3. The maximum absolute atomic E-state index is 5.76. The zero-order valence-electron chi connectivity index (χ0n) is 11.2. The highest BCUT2D eigenvalue weighted by molar-refractivity contribution is 9.09.